The molecule has 128 valence electrons. The van der Waals surface area contributed by atoms with Crippen LogP contribution in [0.1, 0.15) is 11.1 Å². The van der Waals surface area contributed by atoms with Crippen LogP contribution < -0.4 is 5.32 Å². The first-order valence-corrected chi connectivity index (χ1v) is 9.20. The predicted octanol–water partition coefficient (Wildman–Crippen LogP) is 5.62. The topological polar surface area (TPSA) is 29.9 Å². The van der Waals surface area contributed by atoms with E-state index in [1.807, 2.05) is 23.7 Å². The van der Waals surface area contributed by atoms with E-state index in [9.17, 15) is 0 Å². The van der Waals surface area contributed by atoms with E-state index in [0.29, 0.717) is 0 Å². The number of aryl methyl sites for hydroxylation is 1. The number of fused-ring (bicyclic) bond motifs is 2. The van der Waals surface area contributed by atoms with Gasteiger partial charge in [-0.3, -0.25) is 0 Å². The van der Waals surface area contributed by atoms with Gasteiger partial charge in [0.25, 0.3) is 0 Å². The van der Waals surface area contributed by atoms with Crippen molar-refractivity contribution in [3.8, 4) is 16.9 Å². The molecule has 0 spiro atoms. The number of benzene rings is 3. The number of anilines is 1. The lowest BCUT2D eigenvalue weighted by molar-refractivity contribution is 0.882. The van der Waals surface area contributed by atoms with Gasteiger partial charge >= 0.3 is 0 Å². The van der Waals surface area contributed by atoms with Crippen LogP contribution in [0.3, 0.4) is 0 Å². The van der Waals surface area contributed by atoms with E-state index in [1.165, 1.54) is 21.9 Å². The molecule has 0 fully saturated rings. The Kier molecular flexibility index (Phi) is 3.50. The normalized spacial score (nSPS) is 13.0. The van der Waals surface area contributed by atoms with Gasteiger partial charge in [-0.2, -0.15) is 5.10 Å². The lowest BCUT2D eigenvalue weighted by Crippen LogP contribution is -2.04. The Morgan fingerprint density at radius 1 is 1.04 bits per heavy atom. The molecule has 4 heteroatoms. The molecule has 0 saturated heterocycles. The summed E-state index contributed by atoms with van der Waals surface area (Å²) in [6.07, 6.45) is 0.980. The molecule has 3 nitrogen and oxygen atoms in total. The second-order valence-corrected chi connectivity index (χ2v) is 7.13. The van der Waals surface area contributed by atoms with Gasteiger partial charge < -0.3 is 5.32 Å². The zero-order valence-electron chi connectivity index (χ0n) is 14.5. The summed E-state index contributed by atoms with van der Waals surface area (Å²) in [6, 6.07) is 21.0. The van der Waals surface area contributed by atoms with Crippen LogP contribution in [-0.4, -0.2) is 16.3 Å². The summed E-state index contributed by atoms with van der Waals surface area (Å²) >= 11 is 6.36. The van der Waals surface area contributed by atoms with Gasteiger partial charge in [0.2, 0.25) is 0 Å². The van der Waals surface area contributed by atoms with Crippen LogP contribution in [0.4, 0.5) is 5.82 Å². The smallest absolute Gasteiger partial charge is 0.133 e. The summed E-state index contributed by atoms with van der Waals surface area (Å²) in [5.74, 6) is 1.08. The van der Waals surface area contributed by atoms with Crippen LogP contribution in [-0.2, 0) is 6.42 Å². The monoisotopic (exact) mass is 359 g/mol. The van der Waals surface area contributed by atoms with Crippen LogP contribution >= 0.6 is 11.6 Å². The number of halogens is 1. The second-order valence-electron chi connectivity index (χ2n) is 6.72. The molecule has 1 aliphatic heterocycles. The summed E-state index contributed by atoms with van der Waals surface area (Å²) < 4.78 is 1.99. The van der Waals surface area contributed by atoms with E-state index < -0.39 is 0 Å². The van der Waals surface area contributed by atoms with Gasteiger partial charge in [0.1, 0.15) is 5.82 Å². The molecule has 3 aromatic carbocycles. The molecule has 0 amide bonds. The molecule has 0 aliphatic carbocycles. The molecular formula is C22H18ClN3. The summed E-state index contributed by atoms with van der Waals surface area (Å²) in [7, 11) is 0. The average Bonchev–Trinajstić information content (AvgIpc) is 3.26. The van der Waals surface area contributed by atoms with E-state index in [-0.39, 0.29) is 0 Å². The molecule has 1 N–H and O–H groups in total. The molecule has 0 bridgehead atoms. The first-order valence-electron chi connectivity index (χ1n) is 8.83. The lowest BCUT2D eigenvalue weighted by atomic mass is 9.99. The number of hydrogen-bond donors (Lipinski definition) is 1. The second kappa shape index (κ2) is 5.89. The zero-order valence-corrected chi connectivity index (χ0v) is 15.2. The molecule has 1 aliphatic rings. The Labute approximate surface area is 157 Å². The molecule has 4 aromatic rings. The number of hydrogen-bond acceptors (Lipinski definition) is 2. The maximum absolute atomic E-state index is 6.36. The summed E-state index contributed by atoms with van der Waals surface area (Å²) in [5, 5.41) is 11.7. The van der Waals surface area contributed by atoms with Crippen LogP contribution in [0.2, 0.25) is 5.02 Å². The Morgan fingerprint density at radius 3 is 2.77 bits per heavy atom. The largest absolute Gasteiger partial charge is 0.369 e. The quantitative estimate of drug-likeness (QED) is 0.503. The van der Waals surface area contributed by atoms with E-state index in [4.69, 9.17) is 16.7 Å². The van der Waals surface area contributed by atoms with Crippen LogP contribution in [0.5, 0.6) is 0 Å². The van der Waals surface area contributed by atoms with Crippen molar-refractivity contribution in [1.29, 1.82) is 0 Å². The van der Waals surface area contributed by atoms with Gasteiger partial charge in [-0.1, -0.05) is 60.1 Å². The maximum atomic E-state index is 6.36. The standard InChI is InChI=1S/C22H18ClN3/c1-14-9-10-16(13-20(14)23)26-22-19(11-12-24-22)21(25-26)18-8-4-6-15-5-2-3-7-17(15)18/h2-10,13,24H,11-12H2,1H3. The minimum atomic E-state index is 0.761. The van der Waals surface area contributed by atoms with Crippen molar-refractivity contribution in [1.82, 2.24) is 9.78 Å². The van der Waals surface area contributed by atoms with Crippen LogP contribution in [0, 0.1) is 6.92 Å². The van der Waals surface area contributed by atoms with Gasteiger partial charge in [0, 0.05) is 22.7 Å². The third kappa shape index (κ3) is 2.31. The van der Waals surface area contributed by atoms with Gasteiger partial charge in [-0.25, -0.2) is 4.68 Å². The average molecular weight is 360 g/mol. The fourth-order valence-corrected chi connectivity index (χ4v) is 3.90. The van der Waals surface area contributed by atoms with E-state index in [1.54, 1.807) is 0 Å². The van der Waals surface area contributed by atoms with Crippen molar-refractivity contribution in [2.45, 2.75) is 13.3 Å². The number of nitrogens with zero attached hydrogens (tertiary/aromatic N) is 2. The highest BCUT2D eigenvalue weighted by Gasteiger charge is 2.24. The molecule has 0 radical (unpaired) electrons. The highest BCUT2D eigenvalue weighted by atomic mass is 35.5. The number of aromatic nitrogens is 2. The highest BCUT2D eigenvalue weighted by Crippen LogP contribution is 2.37. The van der Waals surface area contributed by atoms with Crippen molar-refractivity contribution in [2.75, 3.05) is 11.9 Å². The van der Waals surface area contributed by atoms with Crippen LogP contribution in [0.15, 0.2) is 60.7 Å². The molecule has 0 atom stereocenters. The summed E-state index contributed by atoms with van der Waals surface area (Å²) in [5.41, 5.74) is 5.57. The SMILES string of the molecule is Cc1ccc(-n2nc(-c3cccc4ccccc34)c3c2NCC3)cc1Cl. The molecule has 2 heterocycles. The van der Waals surface area contributed by atoms with Crippen molar-refractivity contribution in [2.24, 2.45) is 0 Å². The Balaban J connectivity index is 1.75. The van der Waals surface area contributed by atoms with Gasteiger partial charge in [-0.05, 0) is 41.8 Å². The Hall–Kier alpha value is -2.78. The van der Waals surface area contributed by atoms with Gasteiger partial charge in [0.15, 0.2) is 0 Å². The van der Waals surface area contributed by atoms with Crippen LogP contribution in [0.25, 0.3) is 27.7 Å². The molecule has 0 unspecified atom stereocenters. The fourth-order valence-electron chi connectivity index (χ4n) is 3.72. The summed E-state index contributed by atoms with van der Waals surface area (Å²) in [4.78, 5) is 0. The van der Waals surface area contributed by atoms with Crippen molar-refractivity contribution in [3.63, 3.8) is 0 Å². The van der Waals surface area contributed by atoms with Gasteiger partial charge in [-0.15, -0.1) is 0 Å². The third-order valence-corrected chi connectivity index (χ3v) is 5.50. The minimum Gasteiger partial charge on any atom is -0.369 e. The number of nitrogens with one attached hydrogen (secondary N) is 1. The molecule has 1 aromatic heterocycles. The van der Waals surface area contributed by atoms with Crippen molar-refractivity contribution in [3.05, 3.63) is 76.8 Å². The minimum absolute atomic E-state index is 0.761. The first kappa shape index (κ1) is 15.5. The fraction of sp³-hybridized carbons (Fsp3) is 0.136. The van der Waals surface area contributed by atoms with Crippen molar-refractivity contribution < 1.29 is 0 Å². The highest BCUT2D eigenvalue weighted by molar-refractivity contribution is 6.31. The van der Waals surface area contributed by atoms with Gasteiger partial charge in [0.05, 0.1) is 11.4 Å². The number of rotatable bonds is 2. The summed E-state index contributed by atoms with van der Waals surface area (Å²) in [6.45, 7) is 2.95. The Bertz CT molecular complexity index is 1140. The maximum Gasteiger partial charge on any atom is 0.133 e. The van der Waals surface area contributed by atoms with E-state index >= 15 is 0 Å². The zero-order chi connectivity index (χ0) is 17.7. The third-order valence-electron chi connectivity index (χ3n) is 5.10. The van der Waals surface area contributed by atoms with Crippen molar-refractivity contribution >= 4 is 28.2 Å². The molecule has 5 rings (SSSR count). The molecule has 26 heavy (non-hydrogen) atoms. The molecule has 0 saturated carbocycles. The van der Waals surface area contributed by atoms with E-state index in [0.717, 1.165) is 40.8 Å². The molecular weight excluding hydrogens is 342 g/mol. The first-order chi connectivity index (χ1) is 12.7. The Morgan fingerprint density at radius 2 is 1.88 bits per heavy atom. The lowest BCUT2D eigenvalue weighted by Gasteiger charge is -2.08. The predicted molar refractivity (Wildman–Crippen MR) is 108 cm³/mol. The van der Waals surface area contributed by atoms with E-state index in [2.05, 4.69) is 53.8 Å².